The molecule has 1 aromatic carbocycles. The van der Waals surface area contributed by atoms with Crippen molar-refractivity contribution in [2.75, 3.05) is 13.1 Å². The lowest BCUT2D eigenvalue weighted by Gasteiger charge is -2.24. The summed E-state index contributed by atoms with van der Waals surface area (Å²) in [5.41, 5.74) is 3.23. The van der Waals surface area contributed by atoms with Gasteiger partial charge in [0.1, 0.15) is 12.7 Å². The van der Waals surface area contributed by atoms with Crippen LogP contribution in [-0.4, -0.2) is 38.6 Å². The number of nitrogens with zero attached hydrogens (tertiary/aromatic N) is 5. The summed E-state index contributed by atoms with van der Waals surface area (Å²) < 4.78 is 1.75. The van der Waals surface area contributed by atoms with Gasteiger partial charge in [-0.25, -0.2) is 9.67 Å². The highest BCUT2D eigenvalue weighted by Gasteiger charge is 2.08. The minimum absolute atomic E-state index is 1.01. The van der Waals surface area contributed by atoms with E-state index in [1.807, 2.05) is 12.1 Å². The lowest BCUT2D eigenvalue weighted by atomic mass is 10.1. The molecule has 5 nitrogen and oxygen atoms in total. The molecule has 3 rings (SSSR count). The van der Waals surface area contributed by atoms with Gasteiger partial charge in [0.05, 0.1) is 11.4 Å². The van der Waals surface area contributed by atoms with Gasteiger partial charge >= 0.3 is 0 Å². The Morgan fingerprint density at radius 2 is 1.85 bits per heavy atom. The van der Waals surface area contributed by atoms with E-state index in [1.54, 1.807) is 11.0 Å². The molecule has 104 valence electrons. The molecule has 2 aromatic rings. The zero-order valence-corrected chi connectivity index (χ0v) is 11.7. The predicted octanol–water partition coefficient (Wildman–Crippen LogP) is 2.48. The first-order valence-corrected chi connectivity index (χ1v) is 7.08. The summed E-state index contributed by atoms with van der Waals surface area (Å²) in [6.45, 7) is 4.22. The molecule has 20 heavy (non-hydrogen) atoms. The molecule has 1 saturated heterocycles. The van der Waals surface area contributed by atoms with E-state index in [2.05, 4.69) is 34.1 Å². The van der Waals surface area contributed by atoms with Gasteiger partial charge in [-0.1, -0.05) is 12.1 Å². The SMILES string of the molecule is C/C(=N/N1CCCCC1)c1ccc(-n2cncn2)cc1. The van der Waals surface area contributed by atoms with Gasteiger partial charge < -0.3 is 0 Å². The molecule has 1 aliphatic heterocycles. The van der Waals surface area contributed by atoms with Gasteiger partial charge in [-0.05, 0) is 43.9 Å². The van der Waals surface area contributed by atoms with Gasteiger partial charge in [0.25, 0.3) is 0 Å². The number of hydrogen-bond donors (Lipinski definition) is 0. The van der Waals surface area contributed by atoms with E-state index in [1.165, 1.54) is 25.6 Å². The number of aromatic nitrogens is 3. The second kappa shape index (κ2) is 5.86. The Kier molecular flexibility index (Phi) is 3.76. The second-order valence-corrected chi connectivity index (χ2v) is 5.09. The Labute approximate surface area is 118 Å². The summed E-state index contributed by atoms with van der Waals surface area (Å²) in [7, 11) is 0. The van der Waals surface area contributed by atoms with Crippen molar-refractivity contribution in [1.82, 2.24) is 19.8 Å². The fourth-order valence-electron chi connectivity index (χ4n) is 2.44. The second-order valence-electron chi connectivity index (χ2n) is 5.09. The van der Waals surface area contributed by atoms with Crippen molar-refractivity contribution in [3.05, 3.63) is 42.5 Å². The number of piperidine rings is 1. The van der Waals surface area contributed by atoms with Crippen molar-refractivity contribution in [3.63, 3.8) is 0 Å². The van der Waals surface area contributed by atoms with E-state index in [0.29, 0.717) is 0 Å². The molecule has 0 unspecified atom stereocenters. The lowest BCUT2D eigenvalue weighted by molar-refractivity contribution is 0.239. The molecule has 0 radical (unpaired) electrons. The van der Waals surface area contributed by atoms with Crippen molar-refractivity contribution in [3.8, 4) is 5.69 Å². The van der Waals surface area contributed by atoms with Crippen molar-refractivity contribution in [1.29, 1.82) is 0 Å². The smallest absolute Gasteiger partial charge is 0.138 e. The van der Waals surface area contributed by atoms with Gasteiger partial charge in [0.15, 0.2) is 0 Å². The van der Waals surface area contributed by atoms with Crippen LogP contribution >= 0.6 is 0 Å². The Bertz CT molecular complexity index is 565. The quantitative estimate of drug-likeness (QED) is 0.804. The third-order valence-corrected chi connectivity index (χ3v) is 3.59. The Morgan fingerprint density at radius 3 is 2.50 bits per heavy atom. The van der Waals surface area contributed by atoms with Gasteiger partial charge in [-0.3, -0.25) is 5.01 Å². The maximum absolute atomic E-state index is 4.71. The van der Waals surface area contributed by atoms with E-state index in [9.17, 15) is 0 Å². The zero-order valence-electron chi connectivity index (χ0n) is 11.7. The Morgan fingerprint density at radius 1 is 1.10 bits per heavy atom. The fourth-order valence-corrected chi connectivity index (χ4v) is 2.44. The fraction of sp³-hybridized carbons (Fsp3) is 0.400. The molecule has 5 heteroatoms. The van der Waals surface area contributed by atoms with E-state index < -0.39 is 0 Å². The number of hydrogen-bond acceptors (Lipinski definition) is 4. The molecule has 0 atom stereocenters. The van der Waals surface area contributed by atoms with E-state index in [-0.39, 0.29) is 0 Å². The first-order chi connectivity index (χ1) is 9.83. The van der Waals surface area contributed by atoms with Crippen molar-refractivity contribution in [2.45, 2.75) is 26.2 Å². The highest BCUT2D eigenvalue weighted by atomic mass is 15.4. The van der Waals surface area contributed by atoms with Crippen LogP contribution in [0.1, 0.15) is 31.7 Å². The first-order valence-electron chi connectivity index (χ1n) is 7.08. The topological polar surface area (TPSA) is 46.3 Å². The van der Waals surface area contributed by atoms with E-state index >= 15 is 0 Å². The normalized spacial score (nSPS) is 16.4. The molecule has 0 bridgehead atoms. The van der Waals surface area contributed by atoms with Crippen LogP contribution in [0.25, 0.3) is 5.69 Å². The van der Waals surface area contributed by atoms with Crippen LogP contribution in [0.2, 0.25) is 0 Å². The molecule has 0 spiro atoms. The maximum atomic E-state index is 4.71. The summed E-state index contributed by atoms with van der Waals surface area (Å²) >= 11 is 0. The average Bonchev–Trinajstić information content (AvgIpc) is 3.03. The molecule has 0 aliphatic carbocycles. The van der Waals surface area contributed by atoms with Crippen LogP contribution in [0.15, 0.2) is 42.0 Å². The summed E-state index contributed by atoms with van der Waals surface area (Å²) in [5, 5.41) is 11.0. The molecule has 1 aliphatic rings. The molecular formula is C15H19N5. The third kappa shape index (κ3) is 2.87. The minimum atomic E-state index is 1.01. The van der Waals surface area contributed by atoms with Crippen LogP contribution in [0.5, 0.6) is 0 Å². The number of rotatable bonds is 3. The van der Waals surface area contributed by atoms with Gasteiger partial charge in [0, 0.05) is 13.1 Å². The minimum Gasteiger partial charge on any atom is -0.297 e. The Hall–Kier alpha value is -2.17. The van der Waals surface area contributed by atoms with Crippen molar-refractivity contribution < 1.29 is 0 Å². The molecular weight excluding hydrogens is 250 g/mol. The Balaban J connectivity index is 1.75. The van der Waals surface area contributed by atoms with E-state index in [4.69, 9.17) is 5.10 Å². The highest BCUT2D eigenvalue weighted by Crippen LogP contribution is 2.12. The van der Waals surface area contributed by atoms with Gasteiger partial charge in [-0.2, -0.15) is 10.2 Å². The summed E-state index contributed by atoms with van der Waals surface area (Å²) in [6, 6.07) is 8.25. The number of benzene rings is 1. The van der Waals surface area contributed by atoms with Crippen LogP contribution in [-0.2, 0) is 0 Å². The van der Waals surface area contributed by atoms with Gasteiger partial charge in [-0.15, -0.1) is 0 Å². The largest absolute Gasteiger partial charge is 0.297 e. The van der Waals surface area contributed by atoms with Crippen molar-refractivity contribution >= 4 is 5.71 Å². The summed E-state index contributed by atoms with van der Waals surface area (Å²) in [4.78, 5) is 3.95. The predicted molar refractivity (Wildman–Crippen MR) is 79.0 cm³/mol. The molecule has 0 saturated carbocycles. The van der Waals surface area contributed by atoms with E-state index in [0.717, 1.165) is 30.1 Å². The summed E-state index contributed by atoms with van der Waals surface area (Å²) in [5.74, 6) is 0. The maximum Gasteiger partial charge on any atom is 0.138 e. The monoisotopic (exact) mass is 269 g/mol. The molecule has 1 aromatic heterocycles. The molecule has 2 heterocycles. The van der Waals surface area contributed by atoms with Crippen LogP contribution in [0.4, 0.5) is 0 Å². The average molecular weight is 269 g/mol. The van der Waals surface area contributed by atoms with Gasteiger partial charge in [0.2, 0.25) is 0 Å². The van der Waals surface area contributed by atoms with Crippen molar-refractivity contribution in [2.24, 2.45) is 5.10 Å². The number of hydrazone groups is 1. The third-order valence-electron chi connectivity index (χ3n) is 3.59. The molecule has 0 amide bonds. The molecule has 1 fully saturated rings. The first kappa shape index (κ1) is 12.8. The molecule has 0 N–H and O–H groups in total. The highest BCUT2D eigenvalue weighted by molar-refractivity contribution is 5.98. The summed E-state index contributed by atoms with van der Waals surface area (Å²) in [6.07, 6.45) is 7.07. The lowest BCUT2D eigenvalue weighted by Crippen LogP contribution is -2.25. The van der Waals surface area contributed by atoms with Crippen LogP contribution < -0.4 is 0 Å². The van der Waals surface area contributed by atoms with Crippen LogP contribution in [0, 0.1) is 0 Å². The standard InChI is InChI=1S/C15H19N5/c1-13(18-19-9-3-2-4-10-19)14-5-7-15(8-6-14)20-12-16-11-17-20/h5-8,11-12H,2-4,9-10H2,1H3/b18-13-. The zero-order chi connectivity index (χ0) is 13.8. The van der Waals surface area contributed by atoms with Crippen LogP contribution in [0.3, 0.4) is 0 Å².